The van der Waals surface area contributed by atoms with Crippen molar-refractivity contribution in [3.8, 4) is 16.9 Å². The first kappa shape index (κ1) is 20.9. The summed E-state index contributed by atoms with van der Waals surface area (Å²) in [7, 11) is 0. The maximum Gasteiger partial charge on any atom is 0.260 e. The summed E-state index contributed by atoms with van der Waals surface area (Å²) in [6.45, 7) is 2.57. The van der Waals surface area contributed by atoms with E-state index in [4.69, 9.17) is 4.74 Å². The second-order valence-corrected chi connectivity index (χ2v) is 7.57. The van der Waals surface area contributed by atoms with E-state index in [1.54, 1.807) is 6.92 Å². The predicted octanol–water partition coefficient (Wildman–Crippen LogP) is 3.93. The maximum atomic E-state index is 12.2. The number of carbonyl (C=O) groups is 2. The van der Waals surface area contributed by atoms with Gasteiger partial charge in [0.2, 0.25) is 5.91 Å². The lowest BCUT2D eigenvalue weighted by atomic mass is 9.89. The summed E-state index contributed by atoms with van der Waals surface area (Å²) >= 11 is 0. The van der Waals surface area contributed by atoms with Crippen LogP contribution < -0.4 is 15.4 Å². The molecule has 3 rings (SSSR count). The van der Waals surface area contributed by atoms with Gasteiger partial charge in [0.1, 0.15) is 5.75 Å². The molecule has 1 aliphatic rings. The van der Waals surface area contributed by atoms with Crippen molar-refractivity contribution in [3.05, 3.63) is 54.6 Å². The molecule has 1 saturated carbocycles. The van der Waals surface area contributed by atoms with Crippen LogP contribution in [-0.2, 0) is 9.59 Å². The molecule has 2 N–H and O–H groups in total. The molecule has 1 fully saturated rings. The topological polar surface area (TPSA) is 67.4 Å². The SMILES string of the molecule is CC(Oc1ccc(-c2ccccc2)cc1)C(=O)NCCNC(=O)C1CCCCC1. The minimum Gasteiger partial charge on any atom is -0.481 e. The molecule has 2 aromatic rings. The number of ether oxygens (including phenoxy) is 1. The summed E-state index contributed by atoms with van der Waals surface area (Å²) in [6.07, 6.45) is 4.85. The van der Waals surface area contributed by atoms with E-state index in [-0.39, 0.29) is 17.7 Å². The number of hydrogen-bond donors (Lipinski definition) is 2. The van der Waals surface area contributed by atoms with E-state index in [0.717, 1.165) is 36.8 Å². The van der Waals surface area contributed by atoms with Crippen LogP contribution in [0.5, 0.6) is 5.75 Å². The molecule has 0 bridgehead atoms. The first-order chi connectivity index (χ1) is 14.1. The maximum absolute atomic E-state index is 12.2. The van der Waals surface area contributed by atoms with Crippen LogP contribution in [0.2, 0.25) is 0 Å². The Labute approximate surface area is 172 Å². The van der Waals surface area contributed by atoms with Crippen LogP contribution >= 0.6 is 0 Å². The first-order valence-corrected chi connectivity index (χ1v) is 10.5. The van der Waals surface area contributed by atoms with Crippen molar-refractivity contribution in [1.29, 1.82) is 0 Å². The van der Waals surface area contributed by atoms with Crippen molar-refractivity contribution in [2.75, 3.05) is 13.1 Å². The van der Waals surface area contributed by atoms with Gasteiger partial charge in [-0.15, -0.1) is 0 Å². The molecule has 0 spiro atoms. The lowest BCUT2D eigenvalue weighted by Gasteiger charge is -2.21. The van der Waals surface area contributed by atoms with Gasteiger partial charge in [0, 0.05) is 19.0 Å². The third kappa shape index (κ3) is 6.34. The highest BCUT2D eigenvalue weighted by atomic mass is 16.5. The zero-order valence-corrected chi connectivity index (χ0v) is 17.0. The van der Waals surface area contributed by atoms with Crippen LogP contribution in [0.15, 0.2) is 54.6 Å². The molecule has 0 aromatic heterocycles. The van der Waals surface area contributed by atoms with Crippen LogP contribution in [-0.4, -0.2) is 31.0 Å². The molecule has 1 aliphatic carbocycles. The number of nitrogens with one attached hydrogen (secondary N) is 2. The first-order valence-electron chi connectivity index (χ1n) is 10.5. The highest BCUT2D eigenvalue weighted by molar-refractivity contribution is 5.81. The van der Waals surface area contributed by atoms with Crippen LogP contribution in [0.25, 0.3) is 11.1 Å². The average Bonchev–Trinajstić information content (AvgIpc) is 2.78. The molecule has 0 radical (unpaired) electrons. The Hall–Kier alpha value is -2.82. The predicted molar refractivity (Wildman–Crippen MR) is 115 cm³/mol. The van der Waals surface area contributed by atoms with Gasteiger partial charge in [0.15, 0.2) is 6.10 Å². The molecule has 2 amide bonds. The van der Waals surface area contributed by atoms with Crippen molar-refractivity contribution in [2.45, 2.75) is 45.1 Å². The number of carbonyl (C=O) groups excluding carboxylic acids is 2. The molecule has 154 valence electrons. The van der Waals surface area contributed by atoms with E-state index >= 15 is 0 Å². The summed E-state index contributed by atoms with van der Waals surface area (Å²) in [4.78, 5) is 24.3. The fraction of sp³-hybridized carbons (Fsp3) is 0.417. The zero-order chi connectivity index (χ0) is 20.5. The lowest BCUT2D eigenvalue weighted by molar-refractivity contribution is -0.128. The van der Waals surface area contributed by atoms with E-state index in [1.165, 1.54) is 6.42 Å². The van der Waals surface area contributed by atoms with Crippen LogP contribution in [0.4, 0.5) is 0 Å². The summed E-state index contributed by atoms with van der Waals surface area (Å²) in [6, 6.07) is 17.8. The van der Waals surface area contributed by atoms with Crippen molar-refractivity contribution < 1.29 is 14.3 Å². The summed E-state index contributed by atoms with van der Waals surface area (Å²) in [5, 5.41) is 5.74. The van der Waals surface area contributed by atoms with Gasteiger partial charge in [-0.05, 0) is 43.0 Å². The molecule has 0 aliphatic heterocycles. The molecular weight excluding hydrogens is 364 g/mol. The van der Waals surface area contributed by atoms with Gasteiger partial charge >= 0.3 is 0 Å². The highest BCUT2D eigenvalue weighted by Gasteiger charge is 2.20. The Morgan fingerprint density at radius 1 is 0.897 bits per heavy atom. The van der Waals surface area contributed by atoms with Gasteiger partial charge < -0.3 is 15.4 Å². The van der Waals surface area contributed by atoms with Gasteiger partial charge in [-0.3, -0.25) is 9.59 Å². The molecule has 5 heteroatoms. The zero-order valence-electron chi connectivity index (χ0n) is 17.0. The molecule has 1 atom stereocenters. The molecule has 5 nitrogen and oxygen atoms in total. The Morgan fingerprint density at radius 2 is 1.52 bits per heavy atom. The van der Waals surface area contributed by atoms with Gasteiger partial charge in [-0.2, -0.15) is 0 Å². The van der Waals surface area contributed by atoms with E-state index < -0.39 is 6.10 Å². The van der Waals surface area contributed by atoms with Crippen molar-refractivity contribution in [1.82, 2.24) is 10.6 Å². The van der Waals surface area contributed by atoms with Crippen LogP contribution in [0, 0.1) is 5.92 Å². The Bertz CT molecular complexity index is 784. The van der Waals surface area contributed by atoms with E-state index in [9.17, 15) is 9.59 Å². The summed E-state index contributed by atoms with van der Waals surface area (Å²) < 4.78 is 5.74. The molecule has 29 heavy (non-hydrogen) atoms. The van der Waals surface area contributed by atoms with Crippen molar-refractivity contribution >= 4 is 11.8 Å². The quantitative estimate of drug-likeness (QED) is 0.667. The molecule has 1 unspecified atom stereocenters. The minimum absolute atomic E-state index is 0.113. The van der Waals surface area contributed by atoms with Crippen LogP contribution in [0.3, 0.4) is 0 Å². The summed E-state index contributed by atoms with van der Waals surface area (Å²) in [5.74, 6) is 0.712. The second kappa shape index (κ2) is 10.6. The van der Waals surface area contributed by atoms with Crippen molar-refractivity contribution in [3.63, 3.8) is 0 Å². The number of benzene rings is 2. The third-order valence-corrected chi connectivity index (χ3v) is 5.34. The molecule has 0 heterocycles. The van der Waals surface area contributed by atoms with E-state index in [0.29, 0.717) is 18.8 Å². The smallest absolute Gasteiger partial charge is 0.260 e. The van der Waals surface area contributed by atoms with Gasteiger partial charge in [0.25, 0.3) is 5.91 Å². The fourth-order valence-corrected chi connectivity index (χ4v) is 3.64. The Balaban J connectivity index is 1.38. The number of rotatable bonds is 8. The van der Waals surface area contributed by atoms with Crippen molar-refractivity contribution in [2.24, 2.45) is 5.92 Å². The van der Waals surface area contributed by atoms with E-state index in [2.05, 4.69) is 22.8 Å². The normalized spacial score (nSPS) is 15.3. The lowest BCUT2D eigenvalue weighted by Crippen LogP contribution is -2.42. The van der Waals surface area contributed by atoms with E-state index in [1.807, 2.05) is 42.5 Å². The highest BCUT2D eigenvalue weighted by Crippen LogP contribution is 2.24. The number of amides is 2. The fourth-order valence-electron chi connectivity index (χ4n) is 3.64. The second-order valence-electron chi connectivity index (χ2n) is 7.57. The number of hydrogen-bond acceptors (Lipinski definition) is 3. The minimum atomic E-state index is -0.605. The Morgan fingerprint density at radius 3 is 2.21 bits per heavy atom. The molecule has 0 saturated heterocycles. The average molecular weight is 395 g/mol. The largest absolute Gasteiger partial charge is 0.481 e. The molecule has 2 aromatic carbocycles. The van der Waals surface area contributed by atoms with Crippen LogP contribution in [0.1, 0.15) is 39.0 Å². The summed E-state index contributed by atoms with van der Waals surface area (Å²) in [5.41, 5.74) is 2.24. The van der Waals surface area contributed by atoms with Gasteiger partial charge in [-0.25, -0.2) is 0 Å². The Kier molecular flexibility index (Phi) is 7.68. The van der Waals surface area contributed by atoms with Gasteiger partial charge in [-0.1, -0.05) is 61.7 Å². The molecular formula is C24H30N2O3. The standard InChI is InChI=1S/C24H30N2O3/c1-18(23(27)25-16-17-26-24(28)21-10-6-3-7-11-21)29-22-14-12-20(13-15-22)19-8-4-2-5-9-19/h2,4-5,8-9,12-15,18,21H,3,6-7,10-11,16-17H2,1H3,(H,25,27)(H,26,28). The monoisotopic (exact) mass is 394 g/mol. The third-order valence-electron chi connectivity index (χ3n) is 5.34. The van der Waals surface area contributed by atoms with Gasteiger partial charge in [0.05, 0.1) is 0 Å².